The van der Waals surface area contributed by atoms with Gasteiger partial charge in [0, 0.05) is 31.6 Å². The molecule has 1 fully saturated rings. The van der Waals surface area contributed by atoms with Gasteiger partial charge in [0.1, 0.15) is 11.6 Å². The SMILES string of the molecule is COc1ccc(S(=O)(=O)Nc2nc(CC(=O)N3CCN(c4ccccc4F)CC3)cs2)cc1. The third kappa shape index (κ3) is 5.42. The molecule has 0 spiro atoms. The van der Waals surface area contributed by atoms with Crippen molar-refractivity contribution >= 4 is 38.1 Å². The van der Waals surface area contributed by atoms with Crippen LogP contribution in [0, 0.1) is 5.82 Å². The van der Waals surface area contributed by atoms with E-state index in [4.69, 9.17) is 4.74 Å². The summed E-state index contributed by atoms with van der Waals surface area (Å²) in [6.07, 6.45) is 0.0699. The number of benzene rings is 2. The Morgan fingerprint density at radius 3 is 2.48 bits per heavy atom. The van der Waals surface area contributed by atoms with Crippen LogP contribution in [0.2, 0.25) is 0 Å². The van der Waals surface area contributed by atoms with Crippen LogP contribution in [0.15, 0.2) is 58.8 Å². The van der Waals surface area contributed by atoms with Gasteiger partial charge in [-0.05, 0) is 36.4 Å². The van der Waals surface area contributed by atoms with Crippen molar-refractivity contribution in [1.82, 2.24) is 9.88 Å². The number of piperazine rings is 1. The Balaban J connectivity index is 1.33. The average molecular weight is 491 g/mol. The number of aromatic nitrogens is 1. The predicted molar refractivity (Wildman–Crippen MR) is 125 cm³/mol. The van der Waals surface area contributed by atoms with E-state index in [1.807, 2.05) is 4.90 Å². The minimum absolute atomic E-state index is 0.0699. The minimum atomic E-state index is -3.80. The van der Waals surface area contributed by atoms with Gasteiger partial charge in [-0.3, -0.25) is 9.52 Å². The summed E-state index contributed by atoms with van der Waals surface area (Å²) in [4.78, 5) is 20.7. The highest BCUT2D eigenvalue weighted by Gasteiger charge is 2.24. The van der Waals surface area contributed by atoms with Gasteiger partial charge in [0.25, 0.3) is 10.0 Å². The van der Waals surface area contributed by atoms with Crippen LogP contribution < -0.4 is 14.4 Å². The highest BCUT2D eigenvalue weighted by Crippen LogP contribution is 2.23. The van der Waals surface area contributed by atoms with Crippen molar-refractivity contribution in [1.29, 1.82) is 0 Å². The van der Waals surface area contributed by atoms with E-state index in [-0.39, 0.29) is 28.2 Å². The van der Waals surface area contributed by atoms with Crippen molar-refractivity contribution in [2.24, 2.45) is 0 Å². The summed E-state index contributed by atoms with van der Waals surface area (Å²) in [7, 11) is -2.30. The lowest BCUT2D eigenvalue weighted by molar-refractivity contribution is -0.130. The molecule has 1 N–H and O–H groups in total. The van der Waals surface area contributed by atoms with Gasteiger partial charge >= 0.3 is 0 Å². The molecule has 0 aliphatic carbocycles. The number of carbonyl (C=O) groups is 1. The van der Waals surface area contributed by atoms with Crippen LogP contribution in [0.4, 0.5) is 15.2 Å². The van der Waals surface area contributed by atoms with Crippen molar-refractivity contribution < 1.29 is 22.3 Å². The summed E-state index contributed by atoms with van der Waals surface area (Å²) in [5, 5.41) is 1.86. The Hall–Kier alpha value is -3.18. The van der Waals surface area contributed by atoms with Gasteiger partial charge in [-0.15, -0.1) is 11.3 Å². The predicted octanol–water partition coefficient (Wildman–Crippen LogP) is 2.98. The van der Waals surface area contributed by atoms with E-state index in [2.05, 4.69) is 9.71 Å². The Bertz CT molecular complexity index is 1220. The molecule has 3 aromatic rings. The van der Waals surface area contributed by atoms with Crippen LogP contribution in [-0.4, -0.2) is 57.5 Å². The van der Waals surface area contributed by atoms with Crippen LogP contribution in [0.25, 0.3) is 0 Å². The molecule has 2 heterocycles. The molecule has 174 valence electrons. The van der Waals surface area contributed by atoms with Gasteiger partial charge in [-0.2, -0.15) is 0 Å². The van der Waals surface area contributed by atoms with Crippen LogP contribution in [-0.2, 0) is 21.2 Å². The summed E-state index contributed by atoms with van der Waals surface area (Å²) < 4.78 is 46.6. The number of hydrogen-bond donors (Lipinski definition) is 1. The number of para-hydroxylation sites is 1. The largest absolute Gasteiger partial charge is 0.497 e. The number of rotatable bonds is 7. The van der Waals surface area contributed by atoms with E-state index in [1.54, 1.807) is 40.6 Å². The normalized spacial score (nSPS) is 14.2. The molecule has 1 aliphatic rings. The van der Waals surface area contributed by atoms with Gasteiger partial charge in [-0.25, -0.2) is 17.8 Å². The summed E-state index contributed by atoms with van der Waals surface area (Å²) in [6, 6.07) is 12.6. The lowest BCUT2D eigenvalue weighted by Crippen LogP contribution is -2.49. The minimum Gasteiger partial charge on any atom is -0.497 e. The molecule has 8 nitrogen and oxygen atoms in total. The molecule has 1 saturated heterocycles. The number of amides is 1. The number of methoxy groups -OCH3 is 1. The van der Waals surface area contributed by atoms with Crippen molar-refractivity contribution in [3.05, 3.63) is 65.4 Å². The number of sulfonamides is 1. The standard InChI is InChI=1S/C22H23FN4O4S2/c1-31-17-6-8-18(9-7-17)33(29,30)25-22-24-16(15-32-22)14-21(28)27-12-10-26(11-13-27)20-5-3-2-4-19(20)23/h2-9,15H,10-14H2,1H3,(H,24,25). The first-order valence-corrected chi connectivity index (χ1v) is 12.6. The third-order valence-electron chi connectivity index (χ3n) is 5.30. The summed E-state index contributed by atoms with van der Waals surface area (Å²) >= 11 is 1.12. The number of hydrogen-bond acceptors (Lipinski definition) is 7. The fourth-order valence-electron chi connectivity index (χ4n) is 3.54. The summed E-state index contributed by atoms with van der Waals surface area (Å²) in [5.74, 6) is 0.182. The van der Waals surface area contributed by atoms with Crippen LogP contribution in [0.3, 0.4) is 0 Å². The maximum atomic E-state index is 14.0. The van der Waals surface area contributed by atoms with E-state index in [0.29, 0.717) is 43.3 Å². The summed E-state index contributed by atoms with van der Waals surface area (Å²) in [6.45, 7) is 2.04. The Kier molecular flexibility index (Phi) is 6.80. The van der Waals surface area contributed by atoms with E-state index >= 15 is 0 Å². The second-order valence-electron chi connectivity index (χ2n) is 7.42. The first-order chi connectivity index (χ1) is 15.9. The highest BCUT2D eigenvalue weighted by atomic mass is 32.2. The molecule has 11 heteroatoms. The van der Waals surface area contributed by atoms with Gasteiger partial charge in [0.15, 0.2) is 5.13 Å². The second kappa shape index (κ2) is 9.75. The fraction of sp³-hybridized carbons (Fsp3) is 0.273. The molecular weight excluding hydrogens is 467 g/mol. The van der Waals surface area contributed by atoms with Crippen molar-refractivity contribution in [3.63, 3.8) is 0 Å². The molecule has 0 atom stereocenters. The zero-order valence-electron chi connectivity index (χ0n) is 17.9. The number of thiazole rings is 1. The molecule has 2 aromatic carbocycles. The molecule has 1 aliphatic heterocycles. The molecule has 0 saturated carbocycles. The van der Waals surface area contributed by atoms with Crippen molar-refractivity contribution in [2.45, 2.75) is 11.3 Å². The van der Waals surface area contributed by atoms with Gasteiger partial charge in [-0.1, -0.05) is 12.1 Å². The molecule has 0 bridgehead atoms. The maximum absolute atomic E-state index is 14.0. The van der Waals surface area contributed by atoms with E-state index in [0.717, 1.165) is 11.3 Å². The summed E-state index contributed by atoms with van der Waals surface area (Å²) in [5.41, 5.74) is 1.03. The zero-order chi connectivity index (χ0) is 23.4. The smallest absolute Gasteiger partial charge is 0.263 e. The van der Waals surface area contributed by atoms with E-state index in [1.165, 1.54) is 25.3 Å². The second-order valence-corrected chi connectivity index (χ2v) is 9.96. The third-order valence-corrected chi connectivity index (χ3v) is 7.59. The molecule has 0 unspecified atom stereocenters. The van der Waals surface area contributed by atoms with Crippen molar-refractivity contribution in [3.8, 4) is 5.75 Å². The van der Waals surface area contributed by atoms with Gasteiger partial charge in [0.05, 0.1) is 29.8 Å². The maximum Gasteiger partial charge on any atom is 0.263 e. The number of ether oxygens (including phenoxy) is 1. The number of nitrogens with zero attached hydrogens (tertiary/aromatic N) is 3. The quantitative estimate of drug-likeness (QED) is 0.548. The zero-order valence-corrected chi connectivity index (χ0v) is 19.5. The first kappa shape index (κ1) is 23.0. The molecule has 4 rings (SSSR count). The van der Waals surface area contributed by atoms with E-state index in [9.17, 15) is 17.6 Å². The topological polar surface area (TPSA) is 91.8 Å². The lowest BCUT2D eigenvalue weighted by atomic mass is 10.2. The average Bonchev–Trinajstić information content (AvgIpc) is 3.25. The van der Waals surface area contributed by atoms with Crippen molar-refractivity contribution in [2.75, 3.05) is 42.9 Å². The first-order valence-electron chi connectivity index (χ1n) is 10.2. The van der Waals surface area contributed by atoms with Gasteiger partial charge < -0.3 is 14.5 Å². The van der Waals surface area contributed by atoms with Crippen LogP contribution in [0.5, 0.6) is 5.75 Å². The van der Waals surface area contributed by atoms with Crippen LogP contribution >= 0.6 is 11.3 Å². The van der Waals surface area contributed by atoms with Gasteiger partial charge in [0.2, 0.25) is 5.91 Å². The number of anilines is 2. The highest BCUT2D eigenvalue weighted by molar-refractivity contribution is 7.93. The number of halogens is 1. The Morgan fingerprint density at radius 2 is 1.82 bits per heavy atom. The fourth-order valence-corrected chi connectivity index (χ4v) is 5.50. The lowest BCUT2D eigenvalue weighted by Gasteiger charge is -2.36. The Morgan fingerprint density at radius 1 is 1.12 bits per heavy atom. The van der Waals surface area contributed by atoms with Crippen LogP contribution in [0.1, 0.15) is 5.69 Å². The van der Waals surface area contributed by atoms with E-state index < -0.39 is 10.0 Å². The Labute approximate surface area is 195 Å². The number of nitrogens with one attached hydrogen (secondary N) is 1. The molecule has 1 aromatic heterocycles. The number of carbonyl (C=O) groups excluding carboxylic acids is 1. The molecular formula is C22H23FN4O4S2. The molecule has 1 amide bonds. The molecule has 33 heavy (non-hydrogen) atoms. The molecule has 0 radical (unpaired) electrons. The monoisotopic (exact) mass is 490 g/mol.